The Balaban J connectivity index is 1.42. The summed E-state index contributed by atoms with van der Waals surface area (Å²) in [5.74, 6) is 0.325. The molecule has 11 heteroatoms. The Morgan fingerprint density at radius 1 is 1.06 bits per heavy atom. The van der Waals surface area contributed by atoms with E-state index in [-0.39, 0.29) is 33.9 Å². The Morgan fingerprint density at radius 2 is 1.81 bits per heavy atom. The molecule has 0 spiro atoms. The number of hydrogen-bond donors (Lipinski definition) is 0. The van der Waals surface area contributed by atoms with Gasteiger partial charge in [-0.3, -0.25) is 14.5 Å². The van der Waals surface area contributed by atoms with Crippen LogP contribution in [0.2, 0.25) is 5.02 Å². The second kappa shape index (κ2) is 11.1. The molecule has 0 saturated carbocycles. The van der Waals surface area contributed by atoms with Gasteiger partial charge in [-0.15, -0.1) is 0 Å². The zero-order valence-electron chi connectivity index (χ0n) is 18.8. The van der Waals surface area contributed by atoms with Crippen molar-refractivity contribution in [2.45, 2.75) is 11.8 Å². The van der Waals surface area contributed by atoms with Gasteiger partial charge in [0.2, 0.25) is 0 Å². The summed E-state index contributed by atoms with van der Waals surface area (Å²) < 4.78 is 36.3. The highest BCUT2D eigenvalue weighted by molar-refractivity contribution is 9.10. The van der Waals surface area contributed by atoms with Gasteiger partial charge < -0.3 is 8.92 Å². The fourth-order valence-electron chi connectivity index (χ4n) is 3.25. The Morgan fingerprint density at radius 3 is 2.50 bits per heavy atom. The highest BCUT2D eigenvalue weighted by atomic mass is 79.9. The molecule has 0 unspecified atom stereocenters. The summed E-state index contributed by atoms with van der Waals surface area (Å²) in [6.45, 7) is 2.24. The highest BCUT2D eigenvalue weighted by Gasteiger charge is 2.34. The van der Waals surface area contributed by atoms with Gasteiger partial charge in [0.15, 0.2) is 5.75 Å². The van der Waals surface area contributed by atoms with Gasteiger partial charge in [-0.2, -0.15) is 8.42 Å². The summed E-state index contributed by atoms with van der Waals surface area (Å²) >= 11 is 9.96. The molecular weight excluding hydrogens is 590 g/mol. The number of aryl methyl sites for hydroxylation is 1. The summed E-state index contributed by atoms with van der Waals surface area (Å²) in [5, 5.41) is 0.0230. The number of halogens is 2. The average Bonchev–Trinajstić information content (AvgIpc) is 3.08. The molecule has 3 aromatic rings. The third kappa shape index (κ3) is 6.31. The van der Waals surface area contributed by atoms with Gasteiger partial charge in [0, 0.05) is 5.02 Å². The minimum atomic E-state index is -4.07. The van der Waals surface area contributed by atoms with Crippen LogP contribution >= 0.6 is 39.3 Å². The van der Waals surface area contributed by atoms with Crippen molar-refractivity contribution >= 4 is 66.6 Å². The summed E-state index contributed by atoms with van der Waals surface area (Å²) in [6.07, 6.45) is 1.56. The monoisotopic (exact) mass is 607 g/mol. The van der Waals surface area contributed by atoms with Crippen molar-refractivity contribution in [1.82, 2.24) is 4.90 Å². The fraction of sp³-hybridized carbons (Fsp3) is 0.120. The minimum Gasteiger partial charge on any atom is -0.492 e. The first-order chi connectivity index (χ1) is 17.1. The number of carbonyl (C=O) groups is 2. The molecule has 1 fully saturated rings. The van der Waals surface area contributed by atoms with Crippen LogP contribution in [0.5, 0.6) is 11.5 Å². The van der Waals surface area contributed by atoms with Gasteiger partial charge in [0.05, 0.1) is 15.9 Å². The van der Waals surface area contributed by atoms with E-state index in [0.29, 0.717) is 20.8 Å². The van der Waals surface area contributed by atoms with E-state index in [1.54, 1.807) is 18.2 Å². The molecule has 1 aliphatic rings. The molecule has 0 radical (unpaired) electrons. The Kier molecular flexibility index (Phi) is 8.09. The van der Waals surface area contributed by atoms with E-state index in [4.69, 9.17) is 20.5 Å². The second-order valence-electron chi connectivity index (χ2n) is 7.68. The number of carbonyl (C=O) groups excluding carboxylic acids is 2. The molecule has 1 heterocycles. The molecule has 0 N–H and O–H groups in total. The van der Waals surface area contributed by atoms with Gasteiger partial charge in [-0.25, -0.2) is 0 Å². The number of thioether (sulfide) groups is 1. The third-order valence-electron chi connectivity index (χ3n) is 5.00. The second-order valence-corrected chi connectivity index (χ2v) is 11.5. The normalized spacial score (nSPS) is 15.0. The van der Waals surface area contributed by atoms with E-state index in [1.165, 1.54) is 30.3 Å². The average molecular weight is 609 g/mol. The van der Waals surface area contributed by atoms with Crippen LogP contribution in [0, 0.1) is 6.92 Å². The molecule has 186 valence electrons. The van der Waals surface area contributed by atoms with Crippen LogP contribution in [0.1, 0.15) is 11.1 Å². The molecule has 0 aliphatic carbocycles. The predicted molar refractivity (Wildman–Crippen MR) is 143 cm³/mol. The molecule has 2 amide bonds. The molecule has 36 heavy (non-hydrogen) atoms. The van der Waals surface area contributed by atoms with Crippen LogP contribution in [-0.2, 0) is 14.9 Å². The fourth-order valence-corrected chi connectivity index (χ4v) is 5.77. The van der Waals surface area contributed by atoms with Crippen molar-refractivity contribution in [2.24, 2.45) is 0 Å². The molecule has 3 aromatic carbocycles. The lowest BCUT2D eigenvalue weighted by molar-refractivity contribution is -0.123. The molecular formula is C25H19BrClNO6S2. The van der Waals surface area contributed by atoms with Gasteiger partial charge in [-0.05, 0) is 100 Å². The maximum absolute atomic E-state index is 12.8. The molecule has 0 atom stereocenters. The Labute approximate surface area is 226 Å². The molecule has 0 bridgehead atoms. The van der Waals surface area contributed by atoms with E-state index in [9.17, 15) is 18.0 Å². The van der Waals surface area contributed by atoms with E-state index in [0.717, 1.165) is 22.2 Å². The van der Waals surface area contributed by atoms with Crippen molar-refractivity contribution in [1.29, 1.82) is 0 Å². The van der Waals surface area contributed by atoms with Crippen molar-refractivity contribution in [3.63, 3.8) is 0 Å². The smallest absolute Gasteiger partial charge is 0.339 e. The van der Waals surface area contributed by atoms with Crippen LogP contribution in [0.4, 0.5) is 4.79 Å². The number of imide groups is 1. The predicted octanol–water partition coefficient (Wildman–Crippen LogP) is 6.29. The number of nitrogens with zero attached hydrogens (tertiary/aromatic N) is 1. The lowest BCUT2D eigenvalue weighted by atomic mass is 10.2. The zero-order valence-corrected chi connectivity index (χ0v) is 22.8. The first-order valence-corrected chi connectivity index (χ1v) is 14.0. The van der Waals surface area contributed by atoms with Crippen molar-refractivity contribution in [3.05, 3.63) is 92.3 Å². The maximum Gasteiger partial charge on any atom is 0.339 e. The van der Waals surface area contributed by atoms with Crippen LogP contribution in [0.25, 0.3) is 6.08 Å². The summed E-state index contributed by atoms with van der Waals surface area (Å²) in [6, 6.07) is 17.8. The van der Waals surface area contributed by atoms with Crippen molar-refractivity contribution in [3.8, 4) is 11.5 Å². The van der Waals surface area contributed by atoms with Crippen LogP contribution in [0.15, 0.2) is 81.0 Å². The third-order valence-corrected chi connectivity index (χ3v) is 8.03. The number of benzene rings is 3. The summed E-state index contributed by atoms with van der Waals surface area (Å²) in [4.78, 5) is 26.5. The topological polar surface area (TPSA) is 90.0 Å². The van der Waals surface area contributed by atoms with Gasteiger partial charge in [-0.1, -0.05) is 29.8 Å². The first kappa shape index (κ1) is 26.3. The lowest BCUT2D eigenvalue weighted by Gasteiger charge is -2.13. The van der Waals surface area contributed by atoms with Crippen LogP contribution in [-0.4, -0.2) is 37.6 Å². The number of amides is 2. The Bertz CT molecular complexity index is 1460. The van der Waals surface area contributed by atoms with E-state index < -0.39 is 16.0 Å². The standard InChI is InChI=1S/C25H19BrClNO6S2/c1-16-3-2-4-19(13-16)33-12-11-28-24(29)23(35-25(28)30)15-17-5-10-22(21(26)14-17)34-36(31,32)20-8-6-18(27)7-9-20/h2-10,13-15H,11-12H2,1H3/b23-15-. The SMILES string of the molecule is Cc1cccc(OCCN2C(=O)S/C(=C\c3ccc(OS(=O)(=O)c4ccc(Cl)cc4)c(Br)c3)C2=O)c1. The van der Waals surface area contributed by atoms with Gasteiger partial charge >= 0.3 is 10.1 Å². The highest BCUT2D eigenvalue weighted by Crippen LogP contribution is 2.34. The number of rotatable bonds is 8. The molecule has 4 rings (SSSR count). The number of ether oxygens (including phenoxy) is 1. The van der Waals surface area contributed by atoms with Crippen LogP contribution in [0.3, 0.4) is 0 Å². The van der Waals surface area contributed by atoms with Crippen LogP contribution < -0.4 is 8.92 Å². The zero-order chi connectivity index (χ0) is 25.9. The van der Waals surface area contributed by atoms with E-state index >= 15 is 0 Å². The maximum atomic E-state index is 12.8. The quantitative estimate of drug-likeness (QED) is 0.219. The van der Waals surface area contributed by atoms with Crippen molar-refractivity contribution in [2.75, 3.05) is 13.2 Å². The summed E-state index contributed by atoms with van der Waals surface area (Å²) in [7, 11) is -4.07. The largest absolute Gasteiger partial charge is 0.492 e. The number of hydrogen-bond acceptors (Lipinski definition) is 7. The molecule has 7 nitrogen and oxygen atoms in total. The molecule has 1 aliphatic heterocycles. The Hall–Kier alpha value is -2.79. The van der Waals surface area contributed by atoms with E-state index in [1.807, 2.05) is 31.2 Å². The summed E-state index contributed by atoms with van der Waals surface area (Å²) in [5.41, 5.74) is 1.63. The van der Waals surface area contributed by atoms with Crippen molar-refractivity contribution < 1.29 is 26.9 Å². The van der Waals surface area contributed by atoms with E-state index in [2.05, 4.69) is 15.9 Å². The van der Waals surface area contributed by atoms with Gasteiger partial charge in [0.1, 0.15) is 17.3 Å². The molecule has 0 aromatic heterocycles. The lowest BCUT2D eigenvalue weighted by Crippen LogP contribution is -2.32. The van der Waals surface area contributed by atoms with Gasteiger partial charge in [0.25, 0.3) is 11.1 Å². The molecule has 1 saturated heterocycles. The first-order valence-electron chi connectivity index (χ1n) is 10.6. The minimum absolute atomic E-state index is 0.0390.